The smallest absolute Gasteiger partial charge is 0.313 e. The number of hydrogen-bond donors (Lipinski definition) is 1. The van der Waals surface area contributed by atoms with Crippen LogP contribution in [0, 0.1) is 0 Å². The molecule has 0 saturated heterocycles. The molecule has 3 nitrogen and oxygen atoms in total. The first-order valence-electron chi connectivity index (χ1n) is 4.46. The van der Waals surface area contributed by atoms with Crippen LogP contribution in [0.5, 0.6) is 0 Å². The Morgan fingerprint density at radius 1 is 1.33 bits per heavy atom. The van der Waals surface area contributed by atoms with E-state index in [1.807, 2.05) is 30.3 Å². The summed E-state index contributed by atoms with van der Waals surface area (Å²) in [6.45, 7) is 0. The molecule has 0 aliphatic rings. The summed E-state index contributed by atoms with van der Waals surface area (Å²) < 4.78 is 0. The van der Waals surface area contributed by atoms with E-state index in [4.69, 9.17) is 5.11 Å². The second-order valence-electron chi connectivity index (χ2n) is 3.01. The van der Waals surface area contributed by atoms with E-state index in [-0.39, 0.29) is 5.75 Å². The summed E-state index contributed by atoms with van der Waals surface area (Å²) in [6, 6.07) is 9.55. The second-order valence-corrected chi connectivity index (χ2v) is 4.03. The summed E-state index contributed by atoms with van der Waals surface area (Å²) in [4.78, 5) is 15.6. The number of nitrogens with zero attached hydrogens (tertiary/aromatic N) is 1. The van der Waals surface area contributed by atoms with Crippen molar-refractivity contribution in [3.05, 3.63) is 36.5 Å². The minimum Gasteiger partial charge on any atom is -0.481 e. The third kappa shape index (κ3) is 2.27. The zero-order chi connectivity index (χ0) is 10.7. The third-order valence-corrected chi connectivity index (χ3v) is 3.02. The minimum absolute atomic E-state index is 0.0774. The molecule has 0 atom stereocenters. The van der Waals surface area contributed by atoms with Crippen LogP contribution in [0.1, 0.15) is 0 Å². The van der Waals surface area contributed by atoms with Crippen molar-refractivity contribution in [3.63, 3.8) is 0 Å². The van der Waals surface area contributed by atoms with Crippen LogP contribution < -0.4 is 0 Å². The molecular formula is C11H9NO2S. The first-order chi connectivity index (χ1) is 7.27. The van der Waals surface area contributed by atoms with Gasteiger partial charge < -0.3 is 5.11 Å². The van der Waals surface area contributed by atoms with E-state index in [2.05, 4.69) is 4.98 Å². The fourth-order valence-corrected chi connectivity index (χ4v) is 2.10. The van der Waals surface area contributed by atoms with E-state index < -0.39 is 5.97 Å². The number of benzene rings is 1. The van der Waals surface area contributed by atoms with E-state index in [0.29, 0.717) is 0 Å². The maximum Gasteiger partial charge on any atom is 0.313 e. The van der Waals surface area contributed by atoms with Crippen LogP contribution in [0.25, 0.3) is 10.9 Å². The molecule has 15 heavy (non-hydrogen) atoms. The van der Waals surface area contributed by atoms with Crippen LogP contribution >= 0.6 is 11.8 Å². The summed E-state index contributed by atoms with van der Waals surface area (Å²) in [5.74, 6) is -0.727. The lowest BCUT2D eigenvalue weighted by Crippen LogP contribution is -1.97. The fourth-order valence-electron chi connectivity index (χ4n) is 1.33. The molecule has 0 aliphatic carbocycles. The van der Waals surface area contributed by atoms with E-state index >= 15 is 0 Å². The van der Waals surface area contributed by atoms with Gasteiger partial charge in [-0.3, -0.25) is 9.78 Å². The van der Waals surface area contributed by atoms with Crippen molar-refractivity contribution in [2.45, 2.75) is 4.90 Å². The Labute approximate surface area is 91.1 Å². The molecule has 4 heteroatoms. The maximum absolute atomic E-state index is 10.5. The Hall–Kier alpha value is -1.55. The number of para-hydroxylation sites is 1. The Morgan fingerprint density at radius 2 is 2.13 bits per heavy atom. The summed E-state index contributed by atoms with van der Waals surface area (Å²) in [5.41, 5.74) is 0.896. The van der Waals surface area contributed by atoms with Gasteiger partial charge in [0.05, 0.1) is 11.3 Å². The van der Waals surface area contributed by atoms with Crippen molar-refractivity contribution in [2.75, 3.05) is 5.75 Å². The average molecular weight is 219 g/mol. The van der Waals surface area contributed by atoms with Crippen LogP contribution in [0.15, 0.2) is 41.4 Å². The molecule has 1 N–H and O–H groups in total. The third-order valence-electron chi connectivity index (χ3n) is 1.96. The lowest BCUT2D eigenvalue weighted by atomic mass is 10.2. The number of aromatic nitrogens is 1. The van der Waals surface area contributed by atoms with Gasteiger partial charge in [0.25, 0.3) is 0 Å². The van der Waals surface area contributed by atoms with Crippen LogP contribution in [-0.2, 0) is 4.79 Å². The molecule has 0 spiro atoms. The molecule has 0 fully saturated rings. The van der Waals surface area contributed by atoms with Crippen molar-refractivity contribution in [1.29, 1.82) is 0 Å². The zero-order valence-corrected chi connectivity index (χ0v) is 8.70. The molecule has 0 amide bonds. The average Bonchev–Trinajstić information content (AvgIpc) is 2.26. The maximum atomic E-state index is 10.5. The molecule has 1 aromatic heterocycles. The van der Waals surface area contributed by atoms with E-state index in [1.165, 1.54) is 11.8 Å². The largest absolute Gasteiger partial charge is 0.481 e. The highest BCUT2D eigenvalue weighted by Crippen LogP contribution is 2.25. The highest BCUT2D eigenvalue weighted by Gasteiger charge is 2.04. The highest BCUT2D eigenvalue weighted by molar-refractivity contribution is 8.00. The molecule has 1 heterocycles. The Bertz CT molecular complexity index is 493. The molecule has 2 rings (SSSR count). The van der Waals surface area contributed by atoms with Crippen LogP contribution in [-0.4, -0.2) is 21.8 Å². The van der Waals surface area contributed by atoms with Gasteiger partial charge in [-0.25, -0.2) is 0 Å². The summed E-state index contributed by atoms with van der Waals surface area (Å²) in [7, 11) is 0. The van der Waals surface area contributed by atoms with Gasteiger partial charge in [0, 0.05) is 16.5 Å². The molecule has 0 saturated carbocycles. The SMILES string of the molecule is O=C(O)CSc1ccnc2ccccc12. The second kappa shape index (κ2) is 4.31. The number of rotatable bonds is 3. The molecule has 76 valence electrons. The topological polar surface area (TPSA) is 50.2 Å². The monoisotopic (exact) mass is 219 g/mol. The molecule has 1 aromatic carbocycles. The predicted molar refractivity (Wildman–Crippen MR) is 60.1 cm³/mol. The predicted octanol–water partition coefficient (Wildman–Crippen LogP) is 2.41. The first-order valence-corrected chi connectivity index (χ1v) is 5.44. The van der Waals surface area contributed by atoms with Gasteiger partial charge in [0.2, 0.25) is 0 Å². The summed E-state index contributed by atoms with van der Waals surface area (Å²) in [6.07, 6.45) is 1.70. The Morgan fingerprint density at radius 3 is 2.93 bits per heavy atom. The number of carboxylic acids is 1. The van der Waals surface area contributed by atoms with E-state index in [0.717, 1.165) is 15.8 Å². The number of carboxylic acid groups (broad SMARTS) is 1. The summed E-state index contributed by atoms with van der Waals surface area (Å²) in [5, 5.41) is 9.62. The number of aliphatic carboxylic acids is 1. The number of carbonyl (C=O) groups is 1. The van der Waals surface area contributed by atoms with E-state index in [1.54, 1.807) is 6.20 Å². The van der Waals surface area contributed by atoms with Crippen LogP contribution in [0.4, 0.5) is 0 Å². The molecule has 2 aromatic rings. The van der Waals surface area contributed by atoms with Gasteiger partial charge in [-0.1, -0.05) is 18.2 Å². The van der Waals surface area contributed by atoms with Crippen molar-refractivity contribution in [3.8, 4) is 0 Å². The van der Waals surface area contributed by atoms with Crippen molar-refractivity contribution in [2.24, 2.45) is 0 Å². The quantitative estimate of drug-likeness (QED) is 0.805. The van der Waals surface area contributed by atoms with Gasteiger partial charge >= 0.3 is 5.97 Å². The lowest BCUT2D eigenvalue weighted by Gasteiger charge is -2.03. The molecule has 0 aliphatic heterocycles. The zero-order valence-electron chi connectivity index (χ0n) is 7.88. The number of thioether (sulfide) groups is 1. The number of hydrogen-bond acceptors (Lipinski definition) is 3. The Balaban J connectivity index is 2.38. The van der Waals surface area contributed by atoms with E-state index in [9.17, 15) is 4.79 Å². The van der Waals surface area contributed by atoms with Gasteiger partial charge in [-0.15, -0.1) is 11.8 Å². The molecular weight excluding hydrogens is 210 g/mol. The van der Waals surface area contributed by atoms with Crippen LogP contribution in [0.2, 0.25) is 0 Å². The molecule has 0 radical (unpaired) electrons. The lowest BCUT2D eigenvalue weighted by molar-refractivity contribution is -0.133. The van der Waals surface area contributed by atoms with Crippen molar-refractivity contribution in [1.82, 2.24) is 4.98 Å². The molecule has 0 bridgehead atoms. The van der Waals surface area contributed by atoms with Crippen molar-refractivity contribution >= 4 is 28.6 Å². The van der Waals surface area contributed by atoms with Gasteiger partial charge in [-0.2, -0.15) is 0 Å². The van der Waals surface area contributed by atoms with Crippen molar-refractivity contribution < 1.29 is 9.90 Å². The molecule has 0 unspecified atom stereocenters. The van der Waals surface area contributed by atoms with Crippen LogP contribution in [0.3, 0.4) is 0 Å². The summed E-state index contributed by atoms with van der Waals surface area (Å²) >= 11 is 1.32. The number of pyridine rings is 1. The normalized spacial score (nSPS) is 10.4. The number of fused-ring (bicyclic) bond motifs is 1. The highest BCUT2D eigenvalue weighted by atomic mass is 32.2. The minimum atomic E-state index is -0.805. The fraction of sp³-hybridized carbons (Fsp3) is 0.0909. The van der Waals surface area contributed by atoms with Gasteiger partial charge in [0.15, 0.2) is 0 Å². The van der Waals surface area contributed by atoms with Gasteiger partial charge in [-0.05, 0) is 12.1 Å². The Kier molecular flexibility index (Phi) is 2.87. The van der Waals surface area contributed by atoms with Gasteiger partial charge in [0.1, 0.15) is 0 Å². The standard InChI is InChI=1S/C11H9NO2S/c13-11(14)7-15-10-5-6-12-9-4-2-1-3-8(9)10/h1-6H,7H2,(H,13,14). The first kappa shape index (κ1) is 9.98.